The van der Waals surface area contributed by atoms with Gasteiger partial charge in [0.05, 0.1) is 6.61 Å². The van der Waals surface area contributed by atoms with Gasteiger partial charge in [0.1, 0.15) is 22.8 Å². The molecule has 0 fully saturated rings. The molecule has 0 radical (unpaired) electrons. The Labute approximate surface area is 124 Å². The first kappa shape index (κ1) is 15.2. The second-order valence-corrected chi connectivity index (χ2v) is 4.81. The van der Waals surface area contributed by atoms with E-state index < -0.39 is 0 Å². The first-order valence-electron chi connectivity index (χ1n) is 7.13. The van der Waals surface area contributed by atoms with Crippen LogP contribution in [-0.2, 0) is 17.6 Å². The van der Waals surface area contributed by atoms with E-state index in [9.17, 15) is 9.90 Å². The lowest BCUT2D eigenvalue weighted by Gasteiger charge is -2.05. The first-order chi connectivity index (χ1) is 10.1. The van der Waals surface area contributed by atoms with E-state index in [0.29, 0.717) is 36.5 Å². The molecule has 0 saturated carbocycles. The first-order valence-corrected chi connectivity index (χ1v) is 7.13. The van der Waals surface area contributed by atoms with Crippen molar-refractivity contribution in [3.63, 3.8) is 0 Å². The number of esters is 1. The van der Waals surface area contributed by atoms with Crippen LogP contribution in [0.2, 0.25) is 0 Å². The number of phenols is 1. The number of hydrogen-bond acceptors (Lipinski definition) is 4. The van der Waals surface area contributed by atoms with E-state index >= 15 is 0 Å². The van der Waals surface area contributed by atoms with Gasteiger partial charge in [-0.15, -0.1) is 0 Å². The molecule has 4 nitrogen and oxygen atoms in total. The molecule has 1 N–H and O–H groups in total. The lowest BCUT2D eigenvalue weighted by molar-refractivity contribution is 0.0523. The standard InChI is InChI=1S/C17H20O4/c1-4-13-15(10-12-8-6-7-9-14(12)18)21-11(3)16(13)17(19)20-5-2/h6-9,18H,4-5,10H2,1-3H3. The third-order valence-electron chi connectivity index (χ3n) is 3.44. The van der Waals surface area contributed by atoms with Gasteiger partial charge in [-0.05, 0) is 26.3 Å². The molecule has 21 heavy (non-hydrogen) atoms. The van der Waals surface area contributed by atoms with Gasteiger partial charge in [0.15, 0.2) is 0 Å². The van der Waals surface area contributed by atoms with Crippen LogP contribution in [0.3, 0.4) is 0 Å². The molecular formula is C17H20O4. The Kier molecular flexibility index (Phi) is 4.68. The average Bonchev–Trinajstić information content (AvgIpc) is 2.77. The summed E-state index contributed by atoms with van der Waals surface area (Å²) in [6, 6.07) is 7.12. The molecule has 0 aliphatic carbocycles. The highest BCUT2D eigenvalue weighted by molar-refractivity contribution is 5.92. The van der Waals surface area contributed by atoms with Crippen LogP contribution < -0.4 is 0 Å². The van der Waals surface area contributed by atoms with Gasteiger partial charge in [0.25, 0.3) is 0 Å². The zero-order valence-electron chi connectivity index (χ0n) is 12.6. The molecule has 2 rings (SSSR count). The van der Waals surface area contributed by atoms with Crippen molar-refractivity contribution < 1.29 is 19.1 Å². The van der Waals surface area contributed by atoms with Crippen LogP contribution in [0.1, 0.15) is 46.9 Å². The number of aryl methyl sites for hydroxylation is 1. The van der Waals surface area contributed by atoms with Crippen LogP contribution in [0.5, 0.6) is 5.75 Å². The normalized spacial score (nSPS) is 10.6. The van der Waals surface area contributed by atoms with Crippen LogP contribution in [0.4, 0.5) is 0 Å². The molecule has 0 amide bonds. The fourth-order valence-electron chi connectivity index (χ4n) is 2.47. The zero-order valence-corrected chi connectivity index (χ0v) is 12.6. The molecule has 1 aromatic heterocycles. The molecule has 1 heterocycles. The fourth-order valence-corrected chi connectivity index (χ4v) is 2.47. The maximum Gasteiger partial charge on any atom is 0.341 e. The Hall–Kier alpha value is -2.23. The van der Waals surface area contributed by atoms with E-state index in [4.69, 9.17) is 9.15 Å². The van der Waals surface area contributed by atoms with Crippen LogP contribution in [0.25, 0.3) is 0 Å². The average molecular weight is 288 g/mol. The maximum atomic E-state index is 12.0. The van der Waals surface area contributed by atoms with Gasteiger partial charge in [0.2, 0.25) is 0 Å². The second-order valence-electron chi connectivity index (χ2n) is 4.81. The van der Waals surface area contributed by atoms with Gasteiger partial charge >= 0.3 is 5.97 Å². The molecule has 1 aromatic carbocycles. The predicted molar refractivity (Wildman–Crippen MR) is 79.7 cm³/mol. The van der Waals surface area contributed by atoms with E-state index in [1.165, 1.54) is 0 Å². The summed E-state index contributed by atoms with van der Waals surface area (Å²) < 4.78 is 10.8. The van der Waals surface area contributed by atoms with Crippen molar-refractivity contribution in [3.8, 4) is 5.75 Å². The second kappa shape index (κ2) is 6.48. The summed E-state index contributed by atoms with van der Waals surface area (Å²) in [6.45, 7) is 5.85. The monoisotopic (exact) mass is 288 g/mol. The van der Waals surface area contributed by atoms with Crippen LogP contribution >= 0.6 is 0 Å². The number of carbonyl (C=O) groups is 1. The van der Waals surface area contributed by atoms with Crippen molar-refractivity contribution in [2.45, 2.75) is 33.6 Å². The Morgan fingerprint density at radius 3 is 2.62 bits per heavy atom. The highest BCUT2D eigenvalue weighted by atomic mass is 16.5. The van der Waals surface area contributed by atoms with Crippen molar-refractivity contribution in [1.29, 1.82) is 0 Å². The molecule has 0 aliphatic rings. The quantitative estimate of drug-likeness (QED) is 0.854. The van der Waals surface area contributed by atoms with Crippen molar-refractivity contribution >= 4 is 5.97 Å². The highest BCUT2D eigenvalue weighted by Gasteiger charge is 2.23. The number of rotatable bonds is 5. The van der Waals surface area contributed by atoms with Gasteiger partial charge in [-0.1, -0.05) is 25.1 Å². The minimum Gasteiger partial charge on any atom is -0.508 e. The van der Waals surface area contributed by atoms with Crippen LogP contribution in [-0.4, -0.2) is 17.7 Å². The fraction of sp³-hybridized carbons (Fsp3) is 0.353. The number of para-hydroxylation sites is 1. The number of phenolic OH excluding ortho intramolecular Hbond substituents is 1. The number of aromatic hydroxyl groups is 1. The third kappa shape index (κ3) is 3.10. The SMILES string of the molecule is CCOC(=O)c1c(C)oc(Cc2ccccc2O)c1CC. The molecule has 0 spiro atoms. The van der Waals surface area contributed by atoms with E-state index in [1.54, 1.807) is 26.0 Å². The van der Waals surface area contributed by atoms with E-state index in [-0.39, 0.29) is 11.7 Å². The van der Waals surface area contributed by atoms with Crippen LogP contribution in [0.15, 0.2) is 28.7 Å². The molecule has 2 aromatic rings. The lowest BCUT2D eigenvalue weighted by atomic mass is 10.0. The lowest BCUT2D eigenvalue weighted by Crippen LogP contribution is -2.08. The van der Waals surface area contributed by atoms with Gasteiger partial charge < -0.3 is 14.3 Å². The Morgan fingerprint density at radius 1 is 1.29 bits per heavy atom. The largest absolute Gasteiger partial charge is 0.508 e. The smallest absolute Gasteiger partial charge is 0.341 e. The van der Waals surface area contributed by atoms with Gasteiger partial charge in [-0.3, -0.25) is 0 Å². The number of furan rings is 1. The van der Waals surface area contributed by atoms with Gasteiger partial charge in [-0.25, -0.2) is 4.79 Å². The minimum absolute atomic E-state index is 0.228. The summed E-state index contributed by atoms with van der Waals surface area (Å²) in [7, 11) is 0. The Balaban J connectivity index is 2.39. The van der Waals surface area contributed by atoms with Crippen LogP contribution in [0, 0.1) is 6.92 Å². The molecule has 0 atom stereocenters. The van der Waals surface area contributed by atoms with Gasteiger partial charge in [-0.2, -0.15) is 0 Å². The summed E-state index contributed by atoms with van der Waals surface area (Å²) in [6.07, 6.45) is 1.13. The number of carbonyl (C=O) groups excluding carboxylic acids is 1. The summed E-state index contributed by atoms with van der Waals surface area (Å²) >= 11 is 0. The van der Waals surface area contributed by atoms with E-state index in [0.717, 1.165) is 11.1 Å². The van der Waals surface area contributed by atoms with Gasteiger partial charge in [0, 0.05) is 17.5 Å². The summed E-state index contributed by atoms with van der Waals surface area (Å²) in [4.78, 5) is 12.0. The Morgan fingerprint density at radius 2 is 2.00 bits per heavy atom. The molecule has 0 aliphatic heterocycles. The highest BCUT2D eigenvalue weighted by Crippen LogP contribution is 2.28. The topological polar surface area (TPSA) is 59.7 Å². The Bertz CT molecular complexity index is 640. The molecular weight excluding hydrogens is 268 g/mol. The maximum absolute atomic E-state index is 12.0. The number of hydrogen-bond donors (Lipinski definition) is 1. The summed E-state index contributed by atoms with van der Waals surface area (Å²) in [5.74, 6) is 1.15. The van der Waals surface area contributed by atoms with Crippen molar-refractivity contribution in [1.82, 2.24) is 0 Å². The number of ether oxygens (including phenoxy) is 1. The molecule has 0 unspecified atom stereocenters. The van der Waals surface area contributed by atoms with Crippen molar-refractivity contribution in [3.05, 3.63) is 52.5 Å². The molecule has 112 valence electrons. The van der Waals surface area contributed by atoms with Crippen molar-refractivity contribution in [2.24, 2.45) is 0 Å². The molecule has 0 bridgehead atoms. The molecule has 4 heteroatoms. The number of benzene rings is 1. The third-order valence-corrected chi connectivity index (χ3v) is 3.44. The summed E-state index contributed by atoms with van der Waals surface area (Å²) in [5.41, 5.74) is 2.15. The van der Waals surface area contributed by atoms with E-state index in [2.05, 4.69) is 0 Å². The summed E-state index contributed by atoms with van der Waals surface area (Å²) in [5, 5.41) is 9.87. The van der Waals surface area contributed by atoms with E-state index in [1.807, 2.05) is 19.1 Å². The van der Waals surface area contributed by atoms with Crippen molar-refractivity contribution in [2.75, 3.05) is 6.61 Å². The predicted octanol–water partition coefficient (Wildman–Crippen LogP) is 3.62. The zero-order chi connectivity index (χ0) is 15.4. The minimum atomic E-state index is -0.348. The molecule has 0 saturated heterocycles.